The quantitative estimate of drug-likeness (QED) is 0.353. The number of nitrogens with zero attached hydrogens (tertiary/aromatic N) is 2. The maximum atomic E-state index is 12.6. The van der Waals surface area contributed by atoms with Gasteiger partial charge in [0.1, 0.15) is 17.6 Å². The molecule has 1 aliphatic rings. The number of urea groups is 1. The summed E-state index contributed by atoms with van der Waals surface area (Å²) in [4.78, 5) is 46.0. The lowest BCUT2D eigenvalue weighted by molar-refractivity contribution is -0.121. The van der Waals surface area contributed by atoms with Crippen molar-refractivity contribution >= 4 is 34.6 Å². The number of nitrogens with one attached hydrogen (secondary N) is 3. The van der Waals surface area contributed by atoms with Crippen LogP contribution in [0.5, 0.6) is 5.75 Å². The number of imidazole rings is 1. The van der Waals surface area contributed by atoms with Gasteiger partial charge in [0.15, 0.2) is 0 Å². The number of amides is 4. The number of imide groups is 1. The molecule has 166 valence electrons. The van der Waals surface area contributed by atoms with Crippen molar-refractivity contribution in [3.8, 4) is 5.75 Å². The first-order valence-electron chi connectivity index (χ1n) is 10.5. The van der Waals surface area contributed by atoms with Crippen molar-refractivity contribution in [3.63, 3.8) is 0 Å². The van der Waals surface area contributed by atoms with E-state index in [2.05, 4.69) is 20.6 Å². The van der Waals surface area contributed by atoms with Crippen LogP contribution in [0.1, 0.15) is 25.1 Å². The number of aromatic nitrogens is 2. The molecule has 2 heterocycles. The molecule has 0 saturated carbocycles. The summed E-state index contributed by atoms with van der Waals surface area (Å²) in [6, 6.07) is 13.3. The van der Waals surface area contributed by atoms with Gasteiger partial charge in [-0.05, 0) is 49.2 Å². The number of rotatable bonds is 9. The molecule has 32 heavy (non-hydrogen) atoms. The summed E-state index contributed by atoms with van der Waals surface area (Å²) in [5.74, 6) is 1.00. The Bertz CT molecular complexity index is 1090. The van der Waals surface area contributed by atoms with Crippen LogP contribution in [-0.4, -0.2) is 47.5 Å². The number of aromatic amines is 1. The van der Waals surface area contributed by atoms with Crippen molar-refractivity contribution in [1.29, 1.82) is 0 Å². The van der Waals surface area contributed by atoms with Crippen molar-refractivity contribution in [2.45, 2.75) is 31.7 Å². The second-order valence-corrected chi connectivity index (χ2v) is 7.57. The zero-order valence-electron chi connectivity index (χ0n) is 17.8. The molecular formula is C23H25N5O4. The Morgan fingerprint density at radius 3 is 2.69 bits per heavy atom. The highest BCUT2D eigenvalue weighted by Gasteiger charge is 2.38. The Morgan fingerprint density at radius 1 is 1.16 bits per heavy atom. The molecule has 0 unspecified atom stereocenters. The van der Waals surface area contributed by atoms with Gasteiger partial charge in [-0.15, -0.1) is 0 Å². The molecule has 1 saturated heterocycles. The Balaban J connectivity index is 1.20. The van der Waals surface area contributed by atoms with E-state index in [0.717, 1.165) is 34.6 Å². The number of H-pyrrole nitrogens is 1. The van der Waals surface area contributed by atoms with Gasteiger partial charge >= 0.3 is 6.03 Å². The average Bonchev–Trinajstić information content (AvgIpc) is 3.35. The standard InChI is InChI=1S/C23H25N5O4/c1-32-16-10-8-15(9-11-16)28-22(30)19(27-23(28)31)12-13-21(29)24-14-4-7-20-25-17-5-2-3-6-18(17)26-20/h2-3,5-6,8-11,19H,4,7,12-14H2,1H3,(H,24,29)(H,25,26)(H,27,31)/t19-/m1/s1. The molecule has 0 radical (unpaired) electrons. The van der Waals surface area contributed by atoms with Crippen LogP contribution in [0, 0.1) is 0 Å². The van der Waals surface area contributed by atoms with Gasteiger partial charge in [-0.3, -0.25) is 9.59 Å². The maximum Gasteiger partial charge on any atom is 0.329 e. The summed E-state index contributed by atoms with van der Waals surface area (Å²) in [7, 11) is 1.54. The van der Waals surface area contributed by atoms with E-state index in [-0.39, 0.29) is 24.7 Å². The summed E-state index contributed by atoms with van der Waals surface area (Å²) in [6.07, 6.45) is 1.86. The number of benzene rings is 2. The highest BCUT2D eigenvalue weighted by atomic mass is 16.5. The Hall–Kier alpha value is -3.88. The van der Waals surface area contributed by atoms with Crippen LogP contribution < -0.4 is 20.3 Å². The summed E-state index contributed by atoms with van der Waals surface area (Å²) in [5.41, 5.74) is 2.39. The zero-order valence-corrected chi connectivity index (χ0v) is 17.8. The molecule has 1 aliphatic heterocycles. The van der Waals surface area contributed by atoms with Gasteiger partial charge in [0.25, 0.3) is 5.91 Å². The number of hydrogen-bond donors (Lipinski definition) is 3. The van der Waals surface area contributed by atoms with E-state index in [9.17, 15) is 14.4 Å². The van der Waals surface area contributed by atoms with Gasteiger partial charge in [-0.2, -0.15) is 0 Å². The Morgan fingerprint density at radius 2 is 1.94 bits per heavy atom. The summed E-state index contributed by atoms with van der Waals surface area (Å²) >= 11 is 0. The molecule has 0 bridgehead atoms. The molecular weight excluding hydrogens is 410 g/mol. The van der Waals surface area contributed by atoms with Crippen LogP contribution in [0.15, 0.2) is 48.5 Å². The summed E-state index contributed by atoms with van der Waals surface area (Å²) < 4.78 is 5.10. The fraction of sp³-hybridized carbons (Fsp3) is 0.304. The smallest absolute Gasteiger partial charge is 0.329 e. The van der Waals surface area contributed by atoms with Gasteiger partial charge in [-0.25, -0.2) is 14.7 Å². The van der Waals surface area contributed by atoms with Gasteiger partial charge in [0.2, 0.25) is 5.91 Å². The first-order valence-corrected chi connectivity index (χ1v) is 10.5. The number of carbonyl (C=O) groups excluding carboxylic acids is 3. The van der Waals surface area contributed by atoms with Crippen molar-refractivity contribution in [2.24, 2.45) is 0 Å². The molecule has 0 spiro atoms. The van der Waals surface area contributed by atoms with Crippen LogP contribution in [-0.2, 0) is 16.0 Å². The van der Waals surface area contributed by atoms with E-state index >= 15 is 0 Å². The van der Waals surface area contributed by atoms with Crippen LogP contribution in [0.3, 0.4) is 0 Å². The number of fused-ring (bicyclic) bond motifs is 1. The molecule has 4 rings (SSSR count). The lowest BCUT2D eigenvalue weighted by atomic mass is 10.1. The number of para-hydroxylation sites is 2. The molecule has 2 aromatic carbocycles. The van der Waals surface area contributed by atoms with Crippen molar-refractivity contribution in [2.75, 3.05) is 18.6 Å². The van der Waals surface area contributed by atoms with E-state index in [1.165, 1.54) is 0 Å². The lowest BCUT2D eigenvalue weighted by Crippen LogP contribution is -2.33. The van der Waals surface area contributed by atoms with E-state index in [0.29, 0.717) is 18.0 Å². The van der Waals surface area contributed by atoms with Crippen molar-refractivity contribution in [3.05, 3.63) is 54.4 Å². The van der Waals surface area contributed by atoms with Crippen LogP contribution >= 0.6 is 0 Å². The molecule has 9 heteroatoms. The molecule has 4 amide bonds. The third-order valence-electron chi connectivity index (χ3n) is 5.36. The molecule has 1 atom stereocenters. The topological polar surface area (TPSA) is 116 Å². The average molecular weight is 435 g/mol. The maximum absolute atomic E-state index is 12.6. The molecule has 3 aromatic rings. The number of ether oxygens (including phenoxy) is 1. The van der Waals surface area contributed by atoms with E-state index in [4.69, 9.17) is 4.74 Å². The first kappa shape index (κ1) is 21.4. The van der Waals surface area contributed by atoms with Gasteiger partial charge in [-0.1, -0.05) is 12.1 Å². The SMILES string of the molecule is COc1ccc(N2C(=O)N[C@H](CCC(=O)NCCCc3nc4ccccc4[nH]3)C2=O)cc1. The van der Waals surface area contributed by atoms with Crippen LogP contribution in [0.2, 0.25) is 0 Å². The predicted molar refractivity (Wildman–Crippen MR) is 119 cm³/mol. The van der Waals surface area contributed by atoms with E-state index < -0.39 is 12.1 Å². The third kappa shape index (κ3) is 4.72. The van der Waals surface area contributed by atoms with E-state index in [1.807, 2.05) is 24.3 Å². The van der Waals surface area contributed by atoms with Gasteiger partial charge in [0, 0.05) is 19.4 Å². The molecule has 3 N–H and O–H groups in total. The molecule has 0 aliphatic carbocycles. The Labute approximate surface area is 185 Å². The second kappa shape index (κ2) is 9.51. The Kier molecular flexibility index (Phi) is 6.34. The monoisotopic (exact) mass is 435 g/mol. The minimum Gasteiger partial charge on any atom is -0.497 e. The second-order valence-electron chi connectivity index (χ2n) is 7.57. The number of aryl methyl sites for hydroxylation is 1. The van der Waals surface area contributed by atoms with Gasteiger partial charge < -0.3 is 20.4 Å². The number of anilines is 1. The highest BCUT2D eigenvalue weighted by Crippen LogP contribution is 2.23. The fourth-order valence-electron chi connectivity index (χ4n) is 3.67. The zero-order chi connectivity index (χ0) is 22.5. The molecule has 1 fully saturated rings. The third-order valence-corrected chi connectivity index (χ3v) is 5.36. The minimum absolute atomic E-state index is 0.151. The first-order chi connectivity index (χ1) is 15.5. The largest absolute Gasteiger partial charge is 0.497 e. The van der Waals surface area contributed by atoms with Crippen LogP contribution in [0.4, 0.5) is 10.5 Å². The van der Waals surface area contributed by atoms with Crippen molar-refractivity contribution in [1.82, 2.24) is 20.6 Å². The van der Waals surface area contributed by atoms with Crippen molar-refractivity contribution < 1.29 is 19.1 Å². The number of methoxy groups -OCH3 is 1. The minimum atomic E-state index is -0.717. The van der Waals surface area contributed by atoms with Gasteiger partial charge in [0.05, 0.1) is 23.8 Å². The fourth-order valence-corrected chi connectivity index (χ4v) is 3.67. The lowest BCUT2D eigenvalue weighted by Gasteiger charge is -2.13. The van der Waals surface area contributed by atoms with E-state index in [1.54, 1.807) is 31.4 Å². The predicted octanol–water partition coefficient (Wildman–Crippen LogP) is 2.53. The number of hydrogen-bond acceptors (Lipinski definition) is 5. The highest BCUT2D eigenvalue weighted by molar-refractivity contribution is 6.21. The van der Waals surface area contributed by atoms with Crippen LogP contribution in [0.25, 0.3) is 11.0 Å². The normalized spacial score (nSPS) is 15.8. The summed E-state index contributed by atoms with van der Waals surface area (Å²) in [6.45, 7) is 0.513. The molecule has 1 aromatic heterocycles. The number of carbonyl (C=O) groups is 3. The summed E-state index contributed by atoms with van der Waals surface area (Å²) in [5, 5.41) is 5.51. The molecule has 9 nitrogen and oxygen atoms in total.